The lowest BCUT2D eigenvalue weighted by Gasteiger charge is -2.26. The Labute approximate surface area is 134 Å². The molecule has 1 aromatic heterocycles. The van der Waals surface area contributed by atoms with Crippen molar-refractivity contribution in [2.24, 2.45) is 0 Å². The highest BCUT2D eigenvalue weighted by molar-refractivity contribution is 7.10. The molecule has 20 heavy (non-hydrogen) atoms. The van der Waals surface area contributed by atoms with Crippen LogP contribution in [0.4, 0.5) is 0 Å². The monoisotopic (exact) mass is 327 g/mol. The van der Waals surface area contributed by atoms with E-state index in [1.54, 1.807) is 11.3 Å². The van der Waals surface area contributed by atoms with Crippen LogP contribution in [0.1, 0.15) is 37.3 Å². The SMILES string of the molecule is CC(NCC(C)(C)c1cccs1)c1cc(Cl)ccc1Cl. The van der Waals surface area contributed by atoms with Crippen LogP contribution < -0.4 is 5.32 Å². The molecule has 1 unspecified atom stereocenters. The molecule has 108 valence electrons. The Hall–Kier alpha value is -0.540. The van der Waals surface area contributed by atoms with Crippen molar-refractivity contribution < 1.29 is 0 Å². The third-order valence-corrected chi connectivity index (χ3v) is 5.28. The summed E-state index contributed by atoms with van der Waals surface area (Å²) in [6, 6.07) is 10.0. The van der Waals surface area contributed by atoms with E-state index in [1.807, 2.05) is 18.2 Å². The summed E-state index contributed by atoms with van der Waals surface area (Å²) in [7, 11) is 0. The summed E-state index contributed by atoms with van der Waals surface area (Å²) in [4.78, 5) is 1.38. The predicted molar refractivity (Wildman–Crippen MR) is 90.2 cm³/mol. The maximum absolute atomic E-state index is 6.24. The summed E-state index contributed by atoms with van der Waals surface area (Å²) in [5.74, 6) is 0. The molecule has 1 atom stereocenters. The fourth-order valence-corrected chi connectivity index (χ4v) is 3.43. The van der Waals surface area contributed by atoms with Gasteiger partial charge in [-0.15, -0.1) is 11.3 Å². The van der Waals surface area contributed by atoms with Gasteiger partial charge in [0.1, 0.15) is 0 Å². The molecule has 2 rings (SSSR count). The van der Waals surface area contributed by atoms with Crippen LogP contribution in [-0.2, 0) is 5.41 Å². The van der Waals surface area contributed by atoms with Gasteiger partial charge in [0.05, 0.1) is 0 Å². The first-order valence-corrected chi connectivity index (χ1v) is 8.26. The number of hydrogen-bond donors (Lipinski definition) is 1. The van der Waals surface area contributed by atoms with E-state index in [-0.39, 0.29) is 11.5 Å². The summed E-state index contributed by atoms with van der Waals surface area (Å²) in [5, 5.41) is 7.15. The maximum Gasteiger partial charge on any atom is 0.0454 e. The quantitative estimate of drug-likeness (QED) is 0.744. The molecule has 1 heterocycles. The molecule has 0 radical (unpaired) electrons. The first-order valence-electron chi connectivity index (χ1n) is 6.62. The molecule has 0 aliphatic rings. The third-order valence-electron chi connectivity index (χ3n) is 3.46. The second-order valence-corrected chi connectivity index (χ2v) is 7.42. The van der Waals surface area contributed by atoms with Gasteiger partial charge in [0.2, 0.25) is 0 Å². The normalized spacial score (nSPS) is 13.4. The zero-order chi connectivity index (χ0) is 14.8. The second kappa shape index (κ2) is 6.48. The summed E-state index contributed by atoms with van der Waals surface area (Å²) in [6.07, 6.45) is 0. The number of rotatable bonds is 5. The van der Waals surface area contributed by atoms with E-state index in [1.165, 1.54) is 4.88 Å². The van der Waals surface area contributed by atoms with Gasteiger partial charge in [0.15, 0.2) is 0 Å². The smallest absolute Gasteiger partial charge is 0.0454 e. The summed E-state index contributed by atoms with van der Waals surface area (Å²) in [6.45, 7) is 7.50. The van der Waals surface area contributed by atoms with E-state index >= 15 is 0 Å². The molecule has 0 spiro atoms. The molecule has 2 aromatic rings. The van der Waals surface area contributed by atoms with E-state index in [0.29, 0.717) is 0 Å². The van der Waals surface area contributed by atoms with Gasteiger partial charge < -0.3 is 5.32 Å². The van der Waals surface area contributed by atoms with E-state index in [2.05, 4.69) is 43.6 Å². The summed E-state index contributed by atoms with van der Waals surface area (Å²) in [5.41, 5.74) is 1.15. The van der Waals surface area contributed by atoms with Crippen LogP contribution in [0.5, 0.6) is 0 Å². The average Bonchev–Trinajstić information content (AvgIpc) is 2.93. The van der Waals surface area contributed by atoms with Gasteiger partial charge >= 0.3 is 0 Å². The lowest BCUT2D eigenvalue weighted by atomic mass is 9.91. The molecular formula is C16H19Cl2NS. The van der Waals surface area contributed by atoms with Gasteiger partial charge in [0.25, 0.3) is 0 Å². The lowest BCUT2D eigenvalue weighted by molar-refractivity contribution is 0.441. The fourth-order valence-electron chi connectivity index (χ4n) is 2.12. The Morgan fingerprint density at radius 3 is 2.65 bits per heavy atom. The van der Waals surface area contributed by atoms with Crippen molar-refractivity contribution >= 4 is 34.5 Å². The van der Waals surface area contributed by atoms with Crippen molar-refractivity contribution in [1.29, 1.82) is 0 Å². The van der Waals surface area contributed by atoms with Crippen molar-refractivity contribution in [1.82, 2.24) is 5.32 Å². The van der Waals surface area contributed by atoms with Crippen LogP contribution in [0.25, 0.3) is 0 Å². The minimum Gasteiger partial charge on any atom is -0.309 e. The molecule has 0 aliphatic carbocycles. The van der Waals surface area contributed by atoms with Gasteiger partial charge in [-0.25, -0.2) is 0 Å². The summed E-state index contributed by atoms with van der Waals surface area (Å²) < 4.78 is 0. The minimum atomic E-state index is 0.105. The van der Waals surface area contributed by atoms with Gasteiger partial charge in [-0.05, 0) is 42.1 Å². The van der Waals surface area contributed by atoms with E-state index in [0.717, 1.165) is 22.2 Å². The Balaban J connectivity index is 2.05. The molecule has 0 saturated carbocycles. The molecule has 1 N–H and O–H groups in total. The number of hydrogen-bond acceptors (Lipinski definition) is 2. The first-order chi connectivity index (χ1) is 9.40. The second-order valence-electron chi connectivity index (χ2n) is 5.63. The van der Waals surface area contributed by atoms with Gasteiger partial charge in [-0.3, -0.25) is 0 Å². The van der Waals surface area contributed by atoms with Crippen LogP contribution in [0, 0.1) is 0 Å². The van der Waals surface area contributed by atoms with Gasteiger partial charge in [0, 0.05) is 32.9 Å². The molecular weight excluding hydrogens is 309 g/mol. The van der Waals surface area contributed by atoms with Gasteiger partial charge in [-0.1, -0.05) is 43.1 Å². The van der Waals surface area contributed by atoms with Crippen LogP contribution in [-0.4, -0.2) is 6.54 Å². The first kappa shape index (κ1) is 15.8. The molecule has 0 saturated heterocycles. The number of halogens is 2. The zero-order valence-corrected chi connectivity index (χ0v) is 14.2. The average molecular weight is 328 g/mol. The molecule has 0 aliphatic heterocycles. The molecule has 0 amide bonds. The van der Waals surface area contributed by atoms with Crippen molar-refractivity contribution in [3.05, 3.63) is 56.2 Å². The Morgan fingerprint density at radius 2 is 2.00 bits per heavy atom. The molecule has 1 nitrogen and oxygen atoms in total. The largest absolute Gasteiger partial charge is 0.309 e. The molecule has 0 bridgehead atoms. The van der Waals surface area contributed by atoms with Gasteiger partial charge in [-0.2, -0.15) is 0 Å². The third kappa shape index (κ3) is 3.76. The molecule has 1 aromatic carbocycles. The highest BCUT2D eigenvalue weighted by Crippen LogP contribution is 2.29. The Bertz CT molecular complexity index is 564. The van der Waals surface area contributed by atoms with Crippen LogP contribution in [0.2, 0.25) is 10.0 Å². The van der Waals surface area contributed by atoms with Crippen LogP contribution >= 0.6 is 34.5 Å². The molecule has 0 fully saturated rings. The van der Waals surface area contributed by atoms with Crippen molar-refractivity contribution in [2.45, 2.75) is 32.2 Å². The number of nitrogens with one attached hydrogen (secondary N) is 1. The van der Waals surface area contributed by atoms with Crippen molar-refractivity contribution in [2.75, 3.05) is 6.54 Å². The van der Waals surface area contributed by atoms with E-state index in [4.69, 9.17) is 23.2 Å². The number of thiophene rings is 1. The maximum atomic E-state index is 6.24. The standard InChI is InChI=1S/C16H19Cl2NS/c1-11(13-9-12(17)6-7-14(13)18)19-10-16(2,3)15-5-4-8-20-15/h4-9,11,19H,10H2,1-3H3. The number of benzene rings is 1. The predicted octanol–water partition coefficient (Wildman–Crippen LogP) is 5.68. The Kier molecular flexibility index (Phi) is 5.14. The lowest BCUT2D eigenvalue weighted by Crippen LogP contribution is -2.33. The van der Waals surface area contributed by atoms with Crippen molar-refractivity contribution in [3.8, 4) is 0 Å². The molecule has 4 heteroatoms. The highest BCUT2D eigenvalue weighted by Gasteiger charge is 2.22. The Morgan fingerprint density at radius 1 is 1.25 bits per heavy atom. The minimum absolute atomic E-state index is 0.105. The zero-order valence-electron chi connectivity index (χ0n) is 11.9. The van der Waals surface area contributed by atoms with Crippen LogP contribution in [0.3, 0.4) is 0 Å². The summed E-state index contributed by atoms with van der Waals surface area (Å²) >= 11 is 14.1. The fraction of sp³-hybridized carbons (Fsp3) is 0.375. The van der Waals surface area contributed by atoms with Crippen LogP contribution in [0.15, 0.2) is 35.7 Å². The highest BCUT2D eigenvalue weighted by atomic mass is 35.5. The van der Waals surface area contributed by atoms with Crippen molar-refractivity contribution in [3.63, 3.8) is 0 Å². The van der Waals surface area contributed by atoms with E-state index in [9.17, 15) is 0 Å². The topological polar surface area (TPSA) is 12.0 Å². The van der Waals surface area contributed by atoms with E-state index < -0.39 is 0 Å².